The van der Waals surface area contributed by atoms with Crippen LogP contribution in [0.5, 0.6) is 5.75 Å². The minimum atomic E-state index is -0.204. The number of amides is 1. The molecule has 0 saturated heterocycles. The van der Waals surface area contributed by atoms with Gasteiger partial charge in [0.2, 0.25) is 0 Å². The Kier molecular flexibility index (Phi) is 3.89. The van der Waals surface area contributed by atoms with E-state index < -0.39 is 0 Å². The summed E-state index contributed by atoms with van der Waals surface area (Å²) in [5, 5.41) is 2.81. The second kappa shape index (κ2) is 5.60. The molecule has 18 heavy (non-hydrogen) atoms. The molecule has 4 heteroatoms. The summed E-state index contributed by atoms with van der Waals surface area (Å²) >= 11 is 4.26. The average molecular weight is 259 g/mol. The molecule has 0 fully saturated rings. The first-order valence-electron chi connectivity index (χ1n) is 5.44. The fourth-order valence-electron chi connectivity index (χ4n) is 1.60. The van der Waals surface area contributed by atoms with Crippen LogP contribution in [0.2, 0.25) is 0 Å². The van der Waals surface area contributed by atoms with Gasteiger partial charge in [-0.25, -0.2) is 0 Å². The van der Waals surface area contributed by atoms with E-state index in [2.05, 4.69) is 17.9 Å². The Morgan fingerprint density at radius 1 is 1.11 bits per heavy atom. The number of ether oxygens (including phenoxy) is 1. The van der Waals surface area contributed by atoms with E-state index in [1.807, 2.05) is 18.2 Å². The molecule has 0 unspecified atom stereocenters. The van der Waals surface area contributed by atoms with Crippen molar-refractivity contribution in [3.05, 3.63) is 54.1 Å². The zero-order valence-electron chi connectivity index (χ0n) is 9.88. The lowest BCUT2D eigenvalue weighted by Crippen LogP contribution is -2.13. The van der Waals surface area contributed by atoms with Crippen LogP contribution >= 0.6 is 12.6 Å². The number of thiol groups is 1. The first kappa shape index (κ1) is 12.5. The summed E-state index contributed by atoms with van der Waals surface area (Å²) in [5.41, 5.74) is 1.17. The van der Waals surface area contributed by atoms with Crippen molar-refractivity contribution in [2.75, 3.05) is 12.4 Å². The first-order valence-corrected chi connectivity index (χ1v) is 5.89. The maximum absolute atomic E-state index is 12.1. The monoisotopic (exact) mass is 259 g/mol. The number of hydrogen-bond donors (Lipinski definition) is 2. The SMILES string of the molecule is COc1ccccc1NC(=O)c1ccccc1S. The smallest absolute Gasteiger partial charge is 0.256 e. The number of carbonyl (C=O) groups excluding carboxylic acids is 1. The van der Waals surface area contributed by atoms with Crippen molar-refractivity contribution in [2.24, 2.45) is 0 Å². The van der Waals surface area contributed by atoms with Crippen LogP contribution in [0, 0.1) is 0 Å². The van der Waals surface area contributed by atoms with E-state index in [9.17, 15) is 4.79 Å². The highest BCUT2D eigenvalue weighted by Crippen LogP contribution is 2.24. The Bertz CT molecular complexity index is 569. The Morgan fingerprint density at radius 2 is 1.78 bits per heavy atom. The molecule has 0 aliphatic carbocycles. The number of hydrogen-bond acceptors (Lipinski definition) is 3. The van der Waals surface area contributed by atoms with E-state index >= 15 is 0 Å². The summed E-state index contributed by atoms with van der Waals surface area (Å²) in [6.45, 7) is 0. The van der Waals surface area contributed by atoms with Crippen LogP contribution in [0.15, 0.2) is 53.4 Å². The molecule has 0 heterocycles. The number of carbonyl (C=O) groups is 1. The van der Waals surface area contributed by atoms with Gasteiger partial charge in [0.1, 0.15) is 5.75 Å². The van der Waals surface area contributed by atoms with Gasteiger partial charge in [-0.3, -0.25) is 4.79 Å². The Hall–Kier alpha value is -1.94. The van der Waals surface area contributed by atoms with Gasteiger partial charge < -0.3 is 10.1 Å². The average Bonchev–Trinajstić information content (AvgIpc) is 2.39. The molecule has 1 amide bonds. The largest absolute Gasteiger partial charge is 0.495 e. The summed E-state index contributed by atoms with van der Waals surface area (Å²) in [7, 11) is 1.57. The zero-order chi connectivity index (χ0) is 13.0. The molecular weight excluding hydrogens is 246 g/mol. The van der Waals surface area contributed by atoms with Crippen LogP contribution in [0.25, 0.3) is 0 Å². The molecule has 0 spiro atoms. The highest BCUT2D eigenvalue weighted by Gasteiger charge is 2.11. The van der Waals surface area contributed by atoms with Gasteiger partial charge in [-0.15, -0.1) is 12.6 Å². The third kappa shape index (κ3) is 2.65. The fourth-order valence-corrected chi connectivity index (χ4v) is 1.87. The van der Waals surface area contributed by atoms with Crippen molar-refractivity contribution in [2.45, 2.75) is 4.90 Å². The number of rotatable bonds is 3. The van der Waals surface area contributed by atoms with Crippen LogP contribution in [-0.2, 0) is 0 Å². The van der Waals surface area contributed by atoms with E-state index in [0.29, 0.717) is 21.9 Å². The molecule has 0 atom stereocenters. The lowest BCUT2D eigenvalue weighted by Gasteiger charge is -2.10. The van der Waals surface area contributed by atoms with Crippen LogP contribution in [0.1, 0.15) is 10.4 Å². The standard InChI is InChI=1S/C14H13NO2S/c1-17-12-8-4-3-7-11(12)15-14(16)10-6-2-5-9-13(10)18/h2-9,18H,1H3,(H,15,16). The summed E-state index contributed by atoms with van der Waals surface area (Å²) in [4.78, 5) is 12.7. The molecule has 0 radical (unpaired) electrons. The Morgan fingerprint density at radius 3 is 2.50 bits per heavy atom. The number of anilines is 1. The van der Waals surface area contributed by atoms with E-state index in [0.717, 1.165) is 0 Å². The summed E-state index contributed by atoms with van der Waals surface area (Å²) in [6, 6.07) is 14.4. The van der Waals surface area contributed by atoms with Crippen molar-refractivity contribution < 1.29 is 9.53 Å². The lowest BCUT2D eigenvalue weighted by molar-refractivity contribution is 0.102. The molecular formula is C14H13NO2S. The molecule has 0 bridgehead atoms. The molecule has 0 aliphatic heterocycles. The van der Waals surface area contributed by atoms with Gasteiger partial charge in [0.05, 0.1) is 18.4 Å². The first-order chi connectivity index (χ1) is 8.72. The van der Waals surface area contributed by atoms with E-state index in [4.69, 9.17) is 4.74 Å². The van der Waals surface area contributed by atoms with Crippen LogP contribution in [0.3, 0.4) is 0 Å². The zero-order valence-corrected chi connectivity index (χ0v) is 10.8. The van der Waals surface area contributed by atoms with E-state index in [-0.39, 0.29) is 5.91 Å². The number of methoxy groups -OCH3 is 1. The molecule has 0 saturated carbocycles. The van der Waals surface area contributed by atoms with Crippen LogP contribution in [0.4, 0.5) is 5.69 Å². The van der Waals surface area contributed by atoms with E-state index in [1.54, 1.807) is 37.4 Å². The van der Waals surface area contributed by atoms with Crippen molar-refractivity contribution in [3.8, 4) is 5.75 Å². The minimum absolute atomic E-state index is 0.204. The van der Waals surface area contributed by atoms with Crippen molar-refractivity contribution >= 4 is 24.2 Å². The topological polar surface area (TPSA) is 38.3 Å². The maximum atomic E-state index is 12.1. The molecule has 3 nitrogen and oxygen atoms in total. The van der Waals surface area contributed by atoms with Crippen LogP contribution < -0.4 is 10.1 Å². The van der Waals surface area contributed by atoms with Crippen LogP contribution in [-0.4, -0.2) is 13.0 Å². The predicted octanol–water partition coefficient (Wildman–Crippen LogP) is 3.24. The van der Waals surface area contributed by atoms with Gasteiger partial charge in [0.25, 0.3) is 5.91 Å². The van der Waals surface area contributed by atoms with Crippen molar-refractivity contribution in [3.63, 3.8) is 0 Å². The Balaban J connectivity index is 2.24. The lowest BCUT2D eigenvalue weighted by atomic mass is 10.2. The van der Waals surface area contributed by atoms with Gasteiger partial charge in [-0.2, -0.15) is 0 Å². The summed E-state index contributed by atoms with van der Waals surface area (Å²) in [6.07, 6.45) is 0. The van der Waals surface area contributed by atoms with E-state index in [1.165, 1.54) is 0 Å². The minimum Gasteiger partial charge on any atom is -0.495 e. The highest BCUT2D eigenvalue weighted by atomic mass is 32.1. The van der Waals surface area contributed by atoms with Gasteiger partial charge in [0, 0.05) is 4.90 Å². The molecule has 1 N–H and O–H groups in total. The van der Waals surface area contributed by atoms with Crippen molar-refractivity contribution in [1.29, 1.82) is 0 Å². The molecule has 0 aromatic heterocycles. The molecule has 0 aliphatic rings. The summed E-state index contributed by atoms with van der Waals surface area (Å²) < 4.78 is 5.18. The second-order valence-corrected chi connectivity index (χ2v) is 4.15. The number of nitrogens with one attached hydrogen (secondary N) is 1. The number of benzene rings is 2. The third-order valence-corrected chi connectivity index (χ3v) is 2.89. The second-order valence-electron chi connectivity index (χ2n) is 3.67. The molecule has 2 aromatic carbocycles. The highest BCUT2D eigenvalue weighted by molar-refractivity contribution is 7.80. The van der Waals surface area contributed by atoms with Gasteiger partial charge in [0.15, 0.2) is 0 Å². The molecule has 92 valence electrons. The molecule has 2 rings (SSSR count). The maximum Gasteiger partial charge on any atom is 0.256 e. The fraction of sp³-hybridized carbons (Fsp3) is 0.0714. The normalized spacial score (nSPS) is 9.89. The summed E-state index contributed by atoms with van der Waals surface area (Å²) in [5.74, 6) is 0.424. The van der Waals surface area contributed by atoms with Gasteiger partial charge >= 0.3 is 0 Å². The Labute approximate surface area is 111 Å². The quantitative estimate of drug-likeness (QED) is 0.830. The predicted molar refractivity (Wildman–Crippen MR) is 74.6 cm³/mol. The van der Waals surface area contributed by atoms with Gasteiger partial charge in [-0.1, -0.05) is 24.3 Å². The van der Waals surface area contributed by atoms with Gasteiger partial charge in [-0.05, 0) is 24.3 Å². The third-order valence-electron chi connectivity index (χ3n) is 2.50. The molecule has 2 aromatic rings. The van der Waals surface area contributed by atoms with Crippen molar-refractivity contribution in [1.82, 2.24) is 0 Å². The number of para-hydroxylation sites is 2.